The van der Waals surface area contributed by atoms with E-state index in [9.17, 15) is 4.79 Å². The molecule has 7 heteroatoms. The van der Waals surface area contributed by atoms with Crippen molar-refractivity contribution in [3.8, 4) is 0 Å². The Balaban J connectivity index is 4.91. The van der Waals surface area contributed by atoms with Crippen LogP contribution in [0.2, 0.25) is 31.0 Å². The molecule has 104 valence electrons. The van der Waals surface area contributed by atoms with E-state index in [4.69, 9.17) is 13.3 Å². The third-order valence-corrected chi connectivity index (χ3v) is 17.5. The van der Waals surface area contributed by atoms with Crippen LogP contribution in [0.15, 0.2) is 12.2 Å². The normalized spacial score (nSPS) is 12.7. The first kappa shape index (κ1) is 17.8. The van der Waals surface area contributed by atoms with Crippen LogP contribution >= 0.6 is 0 Å². The second kappa shape index (κ2) is 6.81. The highest BCUT2D eigenvalue weighted by Gasteiger charge is 2.47. The fraction of sp³-hybridized carbons (Fsp3) is 0.727. The fourth-order valence-corrected chi connectivity index (χ4v) is 13.2. The summed E-state index contributed by atoms with van der Waals surface area (Å²) in [5, 5.41) is 0. The van der Waals surface area contributed by atoms with E-state index in [1.807, 2.05) is 0 Å². The van der Waals surface area contributed by atoms with Crippen molar-refractivity contribution < 1.29 is 18.1 Å². The van der Waals surface area contributed by atoms with Gasteiger partial charge in [0.2, 0.25) is 0 Å². The van der Waals surface area contributed by atoms with Crippen LogP contribution in [0, 0.1) is 0 Å². The molecule has 0 fully saturated rings. The van der Waals surface area contributed by atoms with E-state index in [0.717, 1.165) is 0 Å². The largest absolute Gasteiger partial charge is 0.513 e. The summed E-state index contributed by atoms with van der Waals surface area (Å²) in [7, 11) is -0.316. The van der Waals surface area contributed by atoms with E-state index >= 15 is 0 Å². The minimum Gasteiger partial charge on any atom is -0.513 e. The lowest BCUT2D eigenvalue weighted by Gasteiger charge is -2.38. The second-order valence-electron chi connectivity index (χ2n) is 5.34. The number of hydrogen-bond donors (Lipinski definition) is 0. The van der Waals surface area contributed by atoms with Gasteiger partial charge in [-0.15, -0.1) is 0 Å². The number of rotatable bonds is 7. The molecule has 0 aliphatic heterocycles. The highest BCUT2D eigenvalue weighted by molar-refractivity contribution is 7.00. The Morgan fingerprint density at radius 2 is 1.50 bits per heavy atom. The predicted molar refractivity (Wildman–Crippen MR) is 79.4 cm³/mol. The van der Waals surface area contributed by atoms with Crippen molar-refractivity contribution in [2.24, 2.45) is 0 Å². The standard InChI is InChI=1S/C11H24O4Si3/c1-9(2)10(12)15-16-11(17(5,6)13-3)18(7,8)14-4/h11H,1H2,2-8H3. The Hall–Kier alpha value is -0.219. The van der Waals surface area contributed by atoms with Crippen molar-refractivity contribution in [2.45, 2.75) is 37.9 Å². The topological polar surface area (TPSA) is 44.8 Å². The van der Waals surface area contributed by atoms with Crippen molar-refractivity contribution in [3.05, 3.63) is 12.2 Å². The lowest BCUT2D eigenvalue weighted by Crippen LogP contribution is -2.54. The molecule has 0 spiro atoms. The number of carbonyl (C=O) groups excluding carboxylic acids is 1. The summed E-state index contributed by atoms with van der Waals surface area (Å²) >= 11 is 0. The fourth-order valence-electron chi connectivity index (χ4n) is 1.56. The van der Waals surface area contributed by atoms with Crippen LogP contribution in [-0.2, 0) is 18.1 Å². The molecule has 0 unspecified atom stereocenters. The maximum Gasteiger partial charge on any atom is 0.319 e. The monoisotopic (exact) mass is 304 g/mol. The first-order chi connectivity index (χ1) is 8.08. The van der Waals surface area contributed by atoms with Gasteiger partial charge in [-0.25, -0.2) is 4.79 Å². The van der Waals surface area contributed by atoms with Crippen molar-refractivity contribution >= 4 is 32.4 Å². The van der Waals surface area contributed by atoms with Crippen LogP contribution in [0.25, 0.3) is 0 Å². The zero-order valence-electron chi connectivity index (χ0n) is 12.4. The van der Waals surface area contributed by atoms with Crippen LogP contribution in [-0.4, -0.2) is 46.6 Å². The molecule has 2 radical (unpaired) electrons. The van der Waals surface area contributed by atoms with E-state index < -0.39 is 16.6 Å². The number of carbonyl (C=O) groups is 1. The third-order valence-electron chi connectivity index (χ3n) is 3.06. The molecule has 0 N–H and O–H groups in total. The van der Waals surface area contributed by atoms with Gasteiger partial charge in [0.1, 0.15) is 0 Å². The van der Waals surface area contributed by atoms with Gasteiger partial charge >= 0.3 is 15.7 Å². The van der Waals surface area contributed by atoms with Gasteiger partial charge in [0.05, 0.1) is 0 Å². The molecule has 18 heavy (non-hydrogen) atoms. The molecule has 0 saturated heterocycles. The van der Waals surface area contributed by atoms with Gasteiger partial charge in [0.15, 0.2) is 16.6 Å². The summed E-state index contributed by atoms with van der Waals surface area (Å²) in [6.07, 6.45) is 0. The first-order valence-electron chi connectivity index (χ1n) is 5.81. The molecule has 4 nitrogen and oxygen atoms in total. The average Bonchev–Trinajstić information content (AvgIpc) is 2.28. The summed E-state index contributed by atoms with van der Waals surface area (Å²) in [5.41, 5.74) is 0.426. The van der Waals surface area contributed by atoms with Gasteiger partial charge in [0.25, 0.3) is 0 Å². The molecule has 0 aromatic rings. The molecular formula is C11H24O4Si3. The maximum atomic E-state index is 11.5. The Morgan fingerprint density at radius 3 is 1.78 bits per heavy atom. The molecule has 0 aliphatic rings. The van der Waals surface area contributed by atoms with Crippen molar-refractivity contribution in [3.63, 3.8) is 0 Å². The molecule has 0 aliphatic carbocycles. The molecule has 0 aromatic carbocycles. The molecule has 0 heterocycles. The van der Waals surface area contributed by atoms with Crippen LogP contribution in [0.3, 0.4) is 0 Å². The van der Waals surface area contributed by atoms with Crippen LogP contribution in [0.4, 0.5) is 0 Å². The lowest BCUT2D eigenvalue weighted by atomic mass is 10.4. The van der Waals surface area contributed by atoms with E-state index in [0.29, 0.717) is 5.57 Å². The second-order valence-corrected chi connectivity index (χ2v) is 16.5. The van der Waals surface area contributed by atoms with Crippen molar-refractivity contribution in [1.82, 2.24) is 0 Å². The lowest BCUT2D eigenvalue weighted by molar-refractivity contribution is -0.130. The van der Waals surface area contributed by atoms with E-state index in [1.54, 1.807) is 21.1 Å². The minimum atomic E-state index is -1.92. The predicted octanol–water partition coefficient (Wildman–Crippen LogP) is 2.29. The smallest absolute Gasteiger partial charge is 0.319 e. The zero-order chi connectivity index (χ0) is 14.6. The van der Waals surface area contributed by atoms with Crippen LogP contribution in [0.5, 0.6) is 0 Å². The van der Waals surface area contributed by atoms with E-state index in [2.05, 4.69) is 32.8 Å². The Kier molecular flexibility index (Phi) is 6.72. The van der Waals surface area contributed by atoms with Gasteiger partial charge < -0.3 is 13.3 Å². The Bertz CT molecular complexity index is 299. The van der Waals surface area contributed by atoms with Crippen molar-refractivity contribution in [2.75, 3.05) is 14.2 Å². The maximum absolute atomic E-state index is 11.5. The number of hydrogen-bond acceptors (Lipinski definition) is 4. The summed E-state index contributed by atoms with van der Waals surface area (Å²) < 4.78 is 16.7. The minimum absolute atomic E-state index is 0.0760. The molecule has 0 saturated carbocycles. The summed E-state index contributed by atoms with van der Waals surface area (Å²) in [5.74, 6) is -0.333. The van der Waals surface area contributed by atoms with Gasteiger partial charge in [-0.2, -0.15) is 0 Å². The summed E-state index contributed by atoms with van der Waals surface area (Å²) in [6, 6.07) is 0. The van der Waals surface area contributed by atoms with E-state index in [1.165, 1.54) is 0 Å². The molecule has 0 aromatic heterocycles. The Morgan fingerprint density at radius 1 is 1.11 bits per heavy atom. The first-order valence-corrected chi connectivity index (χ1v) is 12.8. The van der Waals surface area contributed by atoms with Crippen LogP contribution in [0.1, 0.15) is 6.92 Å². The van der Waals surface area contributed by atoms with E-state index in [-0.39, 0.29) is 20.5 Å². The molecule has 0 bridgehead atoms. The molecule has 0 amide bonds. The van der Waals surface area contributed by atoms with Gasteiger partial charge in [0, 0.05) is 24.6 Å². The van der Waals surface area contributed by atoms with Crippen LogP contribution < -0.4 is 0 Å². The van der Waals surface area contributed by atoms with Gasteiger partial charge in [-0.1, -0.05) is 6.58 Å². The summed E-state index contributed by atoms with van der Waals surface area (Å²) in [6.45, 7) is 13.8. The quantitative estimate of drug-likeness (QED) is 0.535. The molecular weight excluding hydrogens is 280 g/mol. The zero-order valence-corrected chi connectivity index (χ0v) is 15.4. The highest BCUT2D eigenvalue weighted by atomic mass is 28.4. The van der Waals surface area contributed by atoms with Gasteiger partial charge in [-0.05, 0) is 33.1 Å². The highest BCUT2D eigenvalue weighted by Crippen LogP contribution is 2.32. The average molecular weight is 305 g/mol. The Labute approximate surface area is 115 Å². The van der Waals surface area contributed by atoms with Crippen molar-refractivity contribution in [1.29, 1.82) is 0 Å². The molecule has 0 atom stereocenters. The third kappa shape index (κ3) is 4.81. The SMILES string of the molecule is C=C(C)C(=O)O[Si]C([Si](C)(C)OC)[Si](C)(C)OC. The van der Waals surface area contributed by atoms with Gasteiger partial charge in [-0.3, -0.25) is 0 Å². The molecule has 0 rings (SSSR count). The summed E-state index contributed by atoms with van der Waals surface area (Å²) in [4.78, 5) is 11.7.